The van der Waals surface area contributed by atoms with Gasteiger partial charge in [0.1, 0.15) is 17.4 Å². The highest BCUT2D eigenvalue weighted by molar-refractivity contribution is 6.06. The SMILES string of the molecule is COC1(OC)[C@@H]2C(=O)C=C(c3ccccc3)[C@]1(O)Oc1ccc(O)cc12. The first-order chi connectivity index (χ1) is 12.5. The number of hydrogen-bond acceptors (Lipinski definition) is 6. The Morgan fingerprint density at radius 2 is 1.77 bits per heavy atom. The van der Waals surface area contributed by atoms with Crippen molar-refractivity contribution in [3.05, 3.63) is 65.7 Å². The fourth-order valence-electron chi connectivity index (χ4n) is 3.88. The lowest BCUT2D eigenvalue weighted by Gasteiger charge is -2.53. The Morgan fingerprint density at radius 3 is 2.42 bits per heavy atom. The zero-order valence-corrected chi connectivity index (χ0v) is 14.3. The van der Waals surface area contributed by atoms with Crippen LogP contribution in [0.1, 0.15) is 17.0 Å². The molecule has 2 aliphatic rings. The van der Waals surface area contributed by atoms with E-state index in [1.165, 1.54) is 38.5 Å². The third-order valence-electron chi connectivity index (χ3n) is 5.04. The van der Waals surface area contributed by atoms with Crippen LogP contribution in [0, 0.1) is 0 Å². The van der Waals surface area contributed by atoms with Crippen molar-refractivity contribution in [2.75, 3.05) is 14.2 Å². The maximum absolute atomic E-state index is 13.1. The van der Waals surface area contributed by atoms with E-state index in [1.807, 2.05) is 6.07 Å². The van der Waals surface area contributed by atoms with Crippen molar-refractivity contribution in [2.24, 2.45) is 0 Å². The fraction of sp³-hybridized carbons (Fsp3) is 0.250. The average Bonchev–Trinajstić information content (AvgIpc) is 2.65. The molecule has 1 aliphatic heterocycles. The van der Waals surface area contributed by atoms with Gasteiger partial charge in [-0.05, 0) is 29.8 Å². The minimum atomic E-state index is -2.06. The monoisotopic (exact) mass is 354 g/mol. The summed E-state index contributed by atoms with van der Waals surface area (Å²) < 4.78 is 17.1. The number of rotatable bonds is 3. The van der Waals surface area contributed by atoms with Crippen LogP contribution in [0.3, 0.4) is 0 Å². The predicted molar refractivity (Wildman–Crippen MR) is 92.6 cm³/mol. The van der Waals surface area contributed by atoms with Crippen molar-refractivity contribution in [1.29, 1.82) is 0 Å². The van der Waals surface area contributed by atoms with Crippen LogP contribution in [0.2, 0.25) is 0 Å². The van der Waals surface area contributed by atoms with Crippen LogP contribution in [0.25, 0.3) is 5.57 Å². The quantitative estimate of drug-likeness (QED) is 0.822. The van der Waals surface area contributed by atoms with Crippen LogP contribution in [-0.2, 0) is 14.3 Å². The highest BCUT2D eigenvalue weighted by Gasteiger charge is 2.69. The Kier molecular flexibility index (Phi) is 3.66. The van der Waals surface area contributed by atoms with E-state index in [0.29, 0.717) is 11.1 Å². The van der Waals surface area contributed by atoms with E-state index in [0.717, 1.165) is 0 Å². The highest BCUT2D eigenvalue weighted by atomic mass is 16.8. The summed E-state index contributed by atoms with van der Waals surface area (Å²) in [7, 11) is 2.69. The average molecular weight is 354 g/mol. The Hall–Kier alpha value is -2.67. The number of methoxy groups -OCH3 is 2. The second-order valence-electron chi connectivity index (χ2n) is 6.30. The molecule has 2 atom stereocenters. The maximum atomic E-state index is 13.1. The van der Waals surface area contributed by atoms with Gasteiger partial charge in [-0.1, -0.05) is 30.3 Å². The standard InChI is InChI=1S/C20H18O6/c1-24-20(25-2)18-14-10-13(21)8-9-17(14)26-19(20,23)15(11-16(18)22)12-6-4-3-5-7-12/h3-11,18,21,23H,1-2H3/t18-,19-/m0/s1. The molecular weight excluding hydrogens is 336 g/mol. The van der Waals surface area contributed by atoms with E-state index in [2.05, 4.69) is 0 Å². The number of carbonyl (C=O) groups excluding carboxylic acids is 1. The van der Waals surface area contributed by atoms with E-state index in [1.54, 1.807) is 24.3 Å². The molecule has 0 saturated heterocycles. The van der Waals surface area contributed by atoms with Gasteiger partial charge >= 0.3 is 0 Å². The van der Waals surface area contributed by atoms with Crippen LogP contribution >= 0.6 is 0 Å². The first-order valence-corrected chi connectivity index (χ1v) is 8.13. The zero-order chi connectivity index (χ0) is 18.5. The number of benzene rings is 2. The van der Waals surface area contributed by atoms with Gasteiger partial charge in [0, 0.05) is 25.4 Å². The highest BCUT2D eigenvalue weighted by Crippen LogP contribution is 2.57. The third-order valence-corrected chi connectivity index (χ3v) is 5.04. The molecule has 0 amide bonds. The minimum Gasteiger partial charge on any atom is -0.508 e. The van der Waals surface area contributed by atoms with E-state index in [-0.39, 0.29) is 22.9 Å². The lowest BCUT2D eigenvalue weighted by Crippen LogP contribution is -2.69. The van der Waals surface area contributed by atoms with Crippen molar-refractivity contribution >= 4 is 11.4 Å². The number of phenols is 1. The molecule has 2 N–H and O–H groups in total. The molecular formula is C20H18O6. The molecule has 134 valence electrons. The lowest BCUT2D eigenvalue weighted by molar-refractivity contribution is -0.351. The number of ketones is 1. The summed E-state index contributed by atoms with van der Waals surface area (Å²) in [6, 6.07) is 13.3. The number of ether oxygens (including phenoxy) is 3. The summed E-state index contributed by atoms with van der Waals surface area (Å²) in [5, 5.41) is 21.5. The topological polar surface area (TPSA) is 85.2 Å². The summed E-state index contributed by atoms with van der Waals surface area (Å²) in [6.45, 7) is 0. The van der Waals surface area contributed by atoms with Crippen LogP contribution in [0.5, 0.6) is 11.5 Å². The predicted octanol–water partition coefficient (Wildman–Crippen LogP) is 2.21. The molecule has 4 rings (SSSR count). The van der Waals surface area contributed by atoms with Crippen LogP contribution in [-0.4, -0.2) is 41.8 Å². The summed E-state index contributed by atoms with van der Waals surface area (Å²) in [4.78, 5) is 13.1. The maximum Gasteiger partial charge on any atom is 0.291 e. The first-order valence-electron chi connectivity index (χ1n) is 8.13. The molecule has 2 aromatic carbocycles. The molecule has 0 fully saturated rings. The largest absolute Gasteiger partial charge is 0.508 e. The molecule has 6 nitrogen and oxygen atoms in total. The summed E-state index contributed by atoms with van der Waals surface area (Å²) in [5.41, 5.74) is 1.26. The molecule has 0 unspecified atom stereocenters. The number of hydrogen-bond donors (Lipinski definition) is 2. The molecule has 0 saturated carbocycles. The minimum absolute atomic E-state index is 0.0236. The molecule has 0 radical (unpaired) electrons. The number of carbonyl (C=O) groups is 1. The van der Waals surface area contributed by atoms with Crippen molar-refractivity contribution in [3.8, 4) is 11.5 Å². The Morgan fingerprint density at radius 1 is 1.08 bits per heavy atom. The lowest BCUT2D eigenvalue weighted by atomic mass is 9.70. The van der Waals surface area contributed by atoms with E-state index in [9.17, 15) is 15.0 Å². The van der Waals surface area contributed by atoms with Crippen LogP contribution < -0.4 is 4.74 Å². The van der Waals surface area contributed by atoms with Gasteiger partial charge in [0.05, 0.1) is 0 Å². The van der Waals surface area contributed by atoms with Crippen LogP contribution in [0.4, 0.5) is 0 Å². The van der Waals surface area contributed by atoms with Gasteiger partial charge in [-0.3, -0.25) is 4.79 Å². The van der Waals surface area contributed by atoms with E-state index < -0.39 is 17.5 Å². The Bertz CT molecular complexity index is 900. The smallest absolute Gasteiger partial charge is 0.291 e. The molecule has 0 aromatic heterocycles. The first kappa shape index (κ1) is 16.8. The molecule has 26 heavy (non-hydrogen) atoms. The molecule has 1 aliphatic carbocycles. The number of allylic oxidation sites excluding steroid dienone is 1. The molecule has 6 heteroatoms. The van der Waals surface area contributed by atoms with Gasteiger partial charge in [-0.2, -0.15) is 0 Å². The van der Waals surface area contributed by atoms with Gasteiger partial charge in [-0.25, -0.2) is 0 Å². The van der Waals surface area contributed by atoms with Crippen molar-refractivity contribution in [3.63, 3.8) is 0 Å². The van der Waals surface area contributed by atoms with Gasteiger partial charge in [0.2, 0.25) is 0 Å². The molecule has 2 bridgehead atoms. The van der Waals surface area contributed by atoms with Gasteiger partial charge < -0.3 is 24.4 Å². The summed E-state index contributed by atoms with van der Waals surface area (Å²) in [5.74, 6) is -4.90. The van der Waals surface area contributed by atoms with Gasteiger partial charge in [-0.15, -0.1) is 0 Å². The second kappa shape index (κ2) is 5.67. The third kappa shape index (κ3) is 2.00. The Balaban J connectivity index is 2.02. The van der Waals surface area contributed by atoms with E-state index in [4.69, 9.17) is 14.2 Å². The molecule has 2 aromatic rings. The van der Waals surface area contributed by atoms with Crippen molar-refractivity contribution in [1.82, 2.24) is 0 Å². The van der Waals surface area contributed by atoms with Gasteiger partial charge in [0.25, 0.3) is 11.6 Å². The number of fused-ring (bicyclic) bond motifs is 4. The zero-order valence-electron chi connectivity index (χ0n) is 14.3. The summed E-state index contributed by atoms with van der Waals surface area (Å²) in [6.07, 6.45) is 1.35. The molecule has 0 spiro atoms. The fourth-order valence-corrected chi connectivity index (χ4v) is 3.88. The van der Waals surface area contributed by atoms with E-state index >= 15 is 0 Å². The summed E-state index contributed by atoms with van der Waals surface area (Å²) >= 11 is 0. The molecule has 1 heterocycles. The number of aliphatic hydroxyl groups is 1. The normalized spacial score (nSPS) is 25.9. The number of aromatic hydroxyl groups is 1. The van der Waals surface area contributed by atoms with Crippen molar-refractivity contribution in [2.45, 2.75) is 17.5 Å². The number of phenolic OH excluding ortho intramolecular Hbond substituents is 1. The van der Waals surface area contributed by atoms with Gasteiger partial charge in [0.15, 0.2) is 5.78 Å². The Labute approximate surface area is 150 Å². The van der Waals surface area contributed by atoms with Crippen molar-refractivity contribution < 1.29 is 29.2 Å². The second-order valence-corrected chi connectivity index (χ2v) is 6.30. The van der Waals surface area contributed by atoms with Crippen LogP contribution in [0.15, 0.2) is 54.6 Å².